The smallest absolute Gasteiger partial charge is 0.322 e. The van der Waals surface area contributed by atoms with Gasteiger partial charge >= 0.3 is 5.97 Å². The Bertz CT molecular complexity index is 138. The van der Waals surface area contributed by atoms with E-state index in [0.29, 0.717) is 13.0 Å². The number of rotatable bonds is 5. The van der Waals surface area contributed by atoms with Gasteiger partial charge in [0.15, 0.2) is 0 Å². The molecule has 0 amide bonds. The molecule has 2 atom stereocenters. The summed E-state index contributed by atoms with van der Waals surface area (Å²) in [5.41, 5.74) is 5.49. The molecule has 0 bridgehead atoms. The molecule has 4 nitrogen and oxygen atoms in total. The van der Waals surface area contributed by atoms with Crippen molar-refractivity contribution < 1.29 is 14.6 Å². The standard InChI is InChI=1S/C8H17NO3/c1-3-12-8(11)7(9)4-6(2)5-10/h6-7,10H,3-5,9H2,1-2H3. The fraction of sp³-hybridized carbons (Fsp3) is 0.875. The molecule has 0 aromatic rings. The van der Waals surface area contributed by atoms with Crippen LogP contribution in [0.1, 0.15) is 20.3 Å². The highest BCUT2D eigenvalue weighted by Crippen LogP contribution is 2.04. The van der Waals surface area contributed by atoms with Crippen LogP contribution >= 0.6 is 0 Å². The van der Waals surface area contributed by atoms with Crippen LogP contribution < -0.4 is 5.73 Å². The number of hydrogen-bond acceptors (Lipinski definition) is 4. The summed E-state index contributed by atoms with van der Waals surface area (Å²) in [5.74, 6) is -0.345. The Morgan fingerprint density at radius 2 is 2.25 bits per heavy atom. The lowest BCUT2D eigenvalue weighted by atomic mass is 10.0. The van der Waals surface area contributed by atoms with Crippen LogP contribution in [-0.2, 0) is 9.53 Å². The largest absolute Gasteiger partial charge is 0.465 e. The van der Waals surface area contributed by atoms with E-state index in [-0.39, 0.29) is 12.5 Å². The fourth-order valence-corrected chi connectivity index (χ4v) is 0.854. The van der Waals surface area contributed by atoms with Gasteiger partial charge in [0.1, 0.15) is 6.04 Å². The third-order valence-electron chi connectivity index (χ3n) is 1.56. The monoisotopic (exact) mass is 175 g/mol. The summed E-state index contributed by atoms with van der Waals surface area (Å²) in [6, 6.07) is -0.605. The minimum atomic E-state index is -0.605. The SMILES string of the molecule is CCOC(=O)C(N)CC(C)CO. The summed E-state index contributed by atoms with van der Waals surface area (Å²) in [5, 5.41) is 8.69. The lowest BCUT2D eigenvalue weighted by molar-refractivity contribution is -0.145. The summed E-state index contributed by atoms with van der Waals surface area (Å²) >= 11 is 0. The van der Waals surface area contributed by atoms with E-state index in [1.165, 1.54) is 0 Å². The van der Waals surface area contributed by atoms with Gasteiger partial charge in [-0.25, -0.2) is 0 Å². The molecule has 0 rings (SSSR count). The number of carbonyl (C=O) groups excluding carboxylic acids is 1. The highest BCUT2D eigenvalue weighted by molar-refractivity contribution is 5.75. The van der Waals surface area contributed by atoms with E-state index in [2.05, 4.69) is 0 Å². The van der Waals surface area contributed by atoms with Gasteiger partial charge in [0.05, 0.1) is 6.61 Å². The minimum absolute atomic E-state index is 0.0457. The van der Waals surface area contributed by atoms with Crippen LogP contribution in [-0.4, -0.2) is 30.3 Å². The third-order valence-corrected chi connectivity index (χ3v) is 1.56. The van der Waals surface area contributed by atoms with E-state index >= 15 is 0 Å². The van der Waals surface area contributed by atoms with Crippen LogP contribution in [0.15, 0.2) is 0 Å². The molecule has 0 spiro atoms. The molecule has 0 aliphatic rings. The number of nitrogens with two attached hydrogens (primary N) is 1. The van der Waals surface area contributed by atoms with Crippen molar-refractivity contribution in [2.45, 2.75) is 26.3 Å². The topological polar surface area (TPSA) is 72.5 Å². The van der Waals surface area contributed by atoms with Crippen molar-refractivity contribution in [1.29, 1.82) is 0 Å². The van der Waals surface area contributed by atoms with Gasteiger partial charge in [-0.05, 0) is 19.3 Å². The van der Waals surface area contributed by atoms with Crippen molar-refractivity contribution in [1.82, 2.24) is 0 Å². The molecule has 0 fully saturated rings. The molecule has 4 heteroatoms. The molecule has 0 saturated carbocycles. The molecular weight excluding hydrogens is 158 g/mol. The summed E-state index contributed by atoms with van der Waals surface area (Å²) in [6.45, 7) is 3.96. The molecule has 0 aliphatic carbocycles. The number of aliphatic hydroxyl groups is 1. The average molecular weight is 175 g/mol. The van der Waals surface area contributed by atoms with Crippen molar-refractivity contribution in [2.24, 2.45) is 11.7 Å². The zero-order chi connectivity index (χ0) is 9.56. The third kappa shape index (κ3) is 4.31. The number of esters is 1. The van der Waals surface area contributed by atoms with Crippen molar-refractivity contribution in [3.63, 3.8) is 0 Å². The second-order valence-corrected chi connectivity index (χ2v) is 2.88. The van der Waals surface area contributed by atoms with Crippen LogP contribution in [0, 0.1) is 5.92 Å². The summed E-state index contributed by atoms with van der Waals surface area (Å²) in [7, 11) is 0. The number of ether oxygens (including phenoxy) is 1. The zero-order valence-electron chi connectivity index (χ0n) is 7.62. The lowest BCUT2D eigenvalue weighted by Crippen LogP contribution is -2.34. The van der Waals surface area contributed by atoms with E-state index < -0.39 is 12.0 Å². The van der Waals surface area contributed by atoms with E-state index in [0.717, 1.165) is 0 Å². The first-order valence-electron chi connectivity index (χ1n) is 4.14. The lowest BCUT2D eigenvalue weighted by Gasteiger charge is -2.13. The molecule has 12 heavy (non-hydrogen) atoms. The van der Waals surface area contributed by atoms with Crippen molar-refractivity contribution >= 4 is 5.97 Å². The van der Waals surface area contributed by atoms with Crippen LogP contribution in [0.5, 0.6) is 0 Å². The van der Waals surface area contributed by atoms with Crippen LogP contribution in [0.2, 0.25) is 0 Å². The second-order valence-electron chi connectivity index (χ2n) is 2.88. The Morgan fingerprint density at radius 3 is 2.67 bits per heavy atom. The highest BCUT2D eigenvalue weighted by atomic mass is 16.5. The second kappa shape index (κ2) is 5.97. The first-order valence-corrected chi connectivity index (χ1v) is 4.14. The Labute approximate surface area is 72.7 Å². The van der Waals surface area contributed by atoms with Gasteiger partial charge in [-0.1, -0.05) is 6.92 Å². The summed E-state index contributed by atoms with van der Waals surface area (Å²) < 4.78 is 4.70. The average Bonchev–Trinajstić information content (AvgIpc) is 2.04. The van der Waals surface area contributed by atoms with Gasteiger partial charge < -0.3 is 15.6 Å². The number of hydrogen-bond donors (Lipinski definition) is 2. The Morgan fingerprint density at radius 1 is 1.67 bits per heavy atom. The molecule has 0 heterocycles. The zero-order valence-corrected chi connectivity index (χ0v) is 7.62. The highest BCUT2D eigenvalue weighted by Gasteiger charge is 2.16. The van der Waals surface area contributed by atoms with Crippen LogP contribution in [0.4, 0.5) is 0 Å². The predicted molar refractivity (Wildman–Crippen MR) is 45.5 cm³/mol. The van der Waals surface area contributed by atoms with Gasteiger partial charge in [-0.3, -0.25) is 4.79 Å². The van der Waals surface area contributed by atoms with E-state index in [4.69, 9.17) is 15.6 Å². The molecule has 0 aromatic heterocycles. The van der Waals surface area contributed by atoms with Crippen molar-refractivity contribution in [2.75, 3.05) is 13.2 Å². The first-order chi connectivity index (χ1) is 5.61. The maximum absolute atomic E-state index is 11.0. The van der Waals surface area contributed by atoms with E-state index in [9.17, 15) is 4.79 Å². The molecule has 0 aromatic carbocycles. The van der Waals surface area contributed by atoms with Gasteiger partial charge in [-0.2, -0.15) is 0 Å². The molecule has 72 valence electrons. The molecule has 0 aliphatic heterocycles. The van der Waals surface area contributed by atoms with E-state index in [1.54, 1.807) is 6.92 Å². The van der Waals surface area contributed by atoms with Gasteiger partial charge in [0.2, 0.25) is 0 Å². The van der Waals surface area contributed by atoms with E-state index in [1.807, 2.05) is 6.92 Å². The number of aliphatic hydroxyl groups excluding tert-OH is 1. The molecule has 2 unspecified atom stereocenters. The molecule has 0 saturated heterocycles. The normalized spacial score (nSPS) is 15.3. The summed E-state index contributed by atoms with van der Waals surface area (Å²) in [6.07, 6.45) is 0.468. The van der Waals surface area contributed by atoms with Crippen LogP contribution in [0.3, 0.4) is 0 Å². The summed E-state index contributed by atoms with van der Waals surface area (Å²) in [4.78, 5) is 11.0. The predicted octanol–water partition coefficient (Wildman–Crippen LogP) is -0.105. The van der Waals surface area contributed by atoms with Crippen molar-refractivity contribution in [3.05, 3.63) is 0 Å². The quantitative estimate of drug-likeness (QED) is 0.572. The van der Waals surface area contributed by atoms with Crippen molar-refractivity contribution in [3.8, 4) is 0 Å². The molecule has 3 N–H and O–H groups in total. The Balaban J connectivity index is 3.70. The number of carbonyl (C=O) groups is 1. The van der Waals surface area contributed by atoms with Gasteiger partial charge in [0.25, 0.3) is 0 Å². The van der Waals surface area contributed by atoms with Crippen LogP contribution in [0.25, 0.3) is 0 Å². The Kier molecular flexibility index (Phi) is 5.66. The fourth-order valence-electron chi connectivity index (χ4n) is 0.854. The van der Waals surface area contributed by atoms with Gasteiger partial charge in [-0.15, -0.1) is 0 Å². The first kappa shape index (κ1) is 11.4. The maximum Gasteiger partial charge on any atom is 0.322 e. The molecule has 0 radical (unpaired) electrons. The Hall–Kier alpha value is -0.610. The molecular formula is C8H17NO3. The minimum Gasteiger partial charge on any atom is -0.465 e. The maximum atomic E-state index is 11.0. The van der Waals surface area contributed by atoms with Gasteiger partial charge in [0, 0.05) is 6.61 Å².